The summed E-state index contributed by atoms with van der Waals surface area (Å²) in [7, 11) is 0. The van der Waals surface area contributed by atoms with Gasteiger partial charge in [-0.25, -0.2) is 8.78 Å². The molecule has 1 aromatic rings. The molecule has 228 valence electrons. The predicted molar refractivity (Wildman–Crippen MR) is 169 cm³/mol. The Labute approximate surface area is 248 Å². The summed E-state index contributed by atoms with van der Waals surface area (Å²) in [4.78, 5) is 8.09. The first-order valence-corrected chi connectivity index (χ1v) is 16.0. The molecule has 0 aromatic carbocycles. The summed E-state index contributed by atoms with van der Waals surface area (Å²) in [6.45, 7) is 17.1. The minimum absolute atomic E-state index is 0.0249. The molecule has 3 fully saturated rings. The summed E-state index contributed by atoms with van der Waals surface area (Å²) < 4.78 is 26.5. The summed E-state index contributed by atoms with van der Waals surface area (Å²) in [5.74, 6) is 3.06. The van der Waals surface area contributed by atoms with E-state index in [9.17, 15) is 13.9 Å². The molecule has 3 nitrogen and oxygen atoms in total. The first-order valence-electron chi connectivity index (χ1n) is 16.0. The van der Waals surface area contributed by atoms with Gasteiger partial charge in [-0.2, -0.15) is 0 Å². The van der Waals surface area contributed by atoms with E-state index < -0.39 is 6.43 Å². The molecule has 1 heterocycles. The van der Waals surface area contributed by atoms with Crippen molar-refractivity contribution in [3.05, 3.63) is 59.6 Å². The minimum atomic E-state index is -2.47. The molecule has 1 N–H and O–H groups in total. The van der Waals surface area contributed by atoms with Gasteiger partial charge in [0.15, 0.2) is 0 Å². The van der Waals surface area contributed by atoms with Crippen LogP contribution < -0.4 is 0 Å². The predicted octanol–water partition coefficient (Wildman–Crippen LogP) is 10.2. The second kappa shape index (κ2) is 14.4. The maximum atomic E-state index is 13.3. The molecule has 0 amide bonds. The third-order valence-corrected chi connectivity index (χ3v) is 10.9. The van der Waals surface area contributed by atoms with Crippen LogP contribution in [0.15, 0.2) is 53.5 Å². The van der Waals surface area contributed by atoms with E-state index in [0.29, 0.717) is 29.1 Å². The molecule has 0 saturated heterocycles. The molecule has 41 heavy (non-hydrogen) atoms. The average molecular weight is 569 g/mol. The van der Waals surface area contributed by atoms with E-state index in [1.807, 2.05) is 53.0 Å². The van der Waals surface area contributed by atoms with Crippen LogP contribution in [0.1, 0.15) is 118 Å². The fourth-order valence-electron chi connectivity index (χ4n) is 8.95. The van der Waals surface area contributed by atoms with E-state index in [4.69, 9.17) is 0 Å². The van der Waals surface area contributed by atoms with Crippen molar-refractivity contribution in [1.29, 1.82) is 0 Å². The summed E-state index contributed by atoms with van der Waals surface area (Å²) in [5, 5.41) is 10.5. The second-order valence-corrected chi connectivity index (χ2v) is 12.9. The molecule has 3 saturated carbocycles. The number of nitrogens with zero attached hydrogens (tertiary/aromatic N) is 2. The molecule has 1 aromatic heterocycles. The SMILES string of the molecule is CC.CC1C2CCC3C4CC=C(c5cncc(C(F)F)c5)C4(C)CC[C@@H]3C2(C)CC[C@H]1O.CC=N/C=C(C)/C=C/C. The van der Waals surface area contributed by atoms with Crippen LogP contribution >= 0.6 is 0 Å². The molecule has 5 heteroatoms. The third-order valence-electron chi connectivity index (χ3n) is 10.9. The third kappa shape index (κ3) is 6.76. The highest BCUT2D eigenvalue weighted by atomic mass is 19.3. The Balaban J connectivity index is 0.000000362. The van der Waals surface area contributed by atoms with E-state index in [-0.39, 0.29) is 17.1 Å². The lowest BCUT2D eigenvalue weighted by Crippen LogP contribution is -2.55. The van der Waals surface area contributed by atoms with Crippen molar-refractivity contribution in [3.8, 4) is 0 Å². The van der Waals surface area contributed by atoms with Gasteiger partial charge in [-0.1, -0.05) is 52.8 Å². The Kier molecular flexibility index (Phi) is 11.7. The van der Waals surface area contributed by atoms with E-state index in [1.54, 1.807) is 18.5 Å². The smallest absolute Gasteiger partial charge is 0.265 e. The number of alkyl halides is 2. The number of aliphatic hydroxyl groups is 1. The number of aliphatic imine (C=N–C) groups is 1. The minimum Gasteiger partial charge on any atom is -0.393 e. The van der Waals surface area contributed by atoms with E-state index in [1.165, 1.54) is 36.6 Å². The molecule has 0 bridgehead atoms. The molecule has 5 rings (SSSR count). The first-order chi connectivity index (χ1) is 19.6. The largest absolute Gasteiger partial charge is 0.393 e. The van der Waals surface area contributed by atoms with Gasteiger partial charge in [0.2, 0.25) is 0 Å². The number of hydrogen-bond donors (Lipinski definition) is 1. The van der Waals surface area contributed by atoms with Crippen LogP contribution in [0.5, 0.6) is 0 Å². The van der Waals surface area contributed by atoms with Crippen molar-refractivity contribution >= 4 is 11.8 Å². The van der Waals surface area contributed by atoms with Crippen LogP contribution in [0.2, 0.25) is 0 Å². The fraction of sp³-hybridized carbons (Fsp3) is 0.667. The Bertz CT molecular complexity index is 1120. The molecule has 4 aliphatic rings. The normalized spacial score (nSPS) is 36.5. The van der Waals surface area contributed by atoms with Gasteiger partial charge >= 0.3 is 0 Å². The van der Waals surface area contributed by atoms with E-state index >= 15 is 0 Å². The number of fused-ring (bicyclic) bond motifs is 5. The maximum absolute atomic E-state index is 13.3. The molecule has 0 aliphatic heterocycles. The van der Waals surface area contributed by atoms with Gasteiger partial charge < -0.3 is 5.11 Å². The van der Waals surface area contributed by atoms with Crippen LogP contribution in [0, 0.1) is 40.4 Å². The van der Waals surface area contributed by atoms with Crippen molar-refractivity contribution in [2.45, 2.75) is 113 Å². The zero-order valence-electron chi connectivity index (χ0n) is 26.7. The van der Waals surface area contributed by atoms with Crippen LogP contribution in [0.25, 0.3) is 5.57 Å². The summed E-state index contributed by atoms with van der Waals surface area (Å²) in [5.41, 5.74) is 3.74. The number of aliphatic hydroxyl groups excluding tert-OH is 1. The number of aromatic nitrogens is 1. The highest BCUT2D eigenvalue weighted by molar-refractivity contribution is 5.72. The lowest BCUT2D eigenvalue weighted by atomic mass is 9.43. The second-order valence-electron chi connectivity index (χ2n) is 12.9. The number of halogens is 2. The standard InChI is InChI=1S/C26H35F2NO.C8H13N.C2H6/c1-15-19-5-4-18-21-7-6-20(16-12-17(24(27)28)14-29-13-16)26(21,3)10-8-22(18)25(19,2)11-9-23(15)30;1-4-6-8(3)7-9-5-2;1-2/h6,12-15,18-19,21-24,30H,4-5,7-11H2,1-3H3;4-7H,1-3H3;1-2H3/b;6-4+,8-7+,9-5?;/t15?,18?,19?,21?,22-,23+,25?,26?;;/m0../s1. The van der Waals surface area contributed by atoms with Gasteiger partial charge in [0.1, 0.15) is 0 Å². The highest BCUT2D eigenvalue weighted by Gasteiger charge is 2.59. The van der Waals surface area contributed by atoms with Gasteiger partial charge in [-0.15, -0.1) is 0 Å². The van der Waals surface area contributed by atoms with Crippen molar-refractivity contribution in [2.24, 2.45) is 45.4 Å². The Morgan fingerprint density at radius 2 is 1.78 bits per heavy atom. The van der Waals surface area contributed by atoms with Gasteiger partial charge in [-0.05, 0) is 129 Å². The molecular formula is C36H54F2N2O. The maximum Gasteiger partial charge on any atom is 0.265 e. The Morgan fingerprint density at radius 3 is 2.44 bits per heavy atom. The molecule has 6 unspecified atom stereocenters. The Hall–Kier alpha value is -2.14. The van der Waals surface area contributed by atoms with Gasteiger partial charge in [0.25, 0.3) is 6.43 Å². The summed E-state index contributed by atoms with van der Waals surface area (Å²) in [6, 6.07) is 1.66. The van der Waals surface area contributed by atoms with Crippen LogP contribution in [-0.2, 0) is 0 Å². The summed E-state index contributed by atoms with van der Waals surface area (Å²) in [6.07, 6.45) is 18.4. The summed E-state index contributed by atoms with van der Waals surface area (Å²) >= 11 is 0. The van der Waals surface area contributed by atoms with Crippen molar-refractivity contribution in [3.63, 3.8) is 0 Å². The van der Waals surface area contributed by atoms with Crippen LogP contribution in [-0.4, -0.2) is 22.4 Å². The van der Waals surface area contributed by atoms with Crippen molar-refractivity contribution in [1.82, 2.24) is 4.98 Å². The van der Waals surface area contributed by atoms with Gasteiger partial charge in [0.05, 0.1) is 6.10 Å². The molecular weight excluding hydrogens is 514 g/mol. The van der Waals surface area contributed by atoms with Crippen LogP contribution in [0.4, 0.5) is 8.78 Å². The van der Waals surface area contributed by atoms with Crippen LogP contribution in [0.3, 0.4) is 0 Å². The number of pyridine rings is 1. The van der Waals surface area contributed by atoms with Crippen molar-refractivity contribution in [2.75, 3.05) is 0 Å². The van der Waals surface area contributed by atoms with Gasteiger partial charge in [0, 0.05) is 30.4 Å². The molecule has 0 spiro atoms. The van der Waals surface area contributed by atoms with Gasteiger partial charge in [-0.3, -0.25) is 9.98 Å². The lowest BCUT2D eigenvalue weighted by molar-refractivity contribution is -0.138. The molecule has 4 aliphatic carbocycles. The quantitative estimate of drug-likeness (QED) is 0.290. The van der Waals surface area contributed by atoms with E-state index in [2.05, 4.69) is 36.8 Å². The molecule has 0 radical (unpaired) electrons. The zero-order valence-corrected chi connectivity index (χ0v) is 26.7. The van der Waals surface area contributed by atoms with Crippen molar-refractivity contribution < 1.29 is 13.9 Å². The average Bonchev–Trinajstić information content (AvgIpc) is 3.33. The lowest BCUT2D eigenvalue weighted by Gasteiger charge is -2.62. The Morgan fingerprint density at radius 1 is 1.05 bits per heavy atom. The number of rotatable bonds is 4. The van der Waals surface area contributed by atoms with E-state index in [0.717, 1.165) is 37.2 Å². The molecule has 8 atom stereocenters. The first kappa shape index (κ1) is 33.4. The monoisotopic (exact) mass is 568 g/mol. The zero-order chi connectivity index (χ0) is 30.4. The number of hydrogen-bond acceptors (Lipinski definition) is 3. The number of allylic oxidation sites excluding steroid dienone is 5. The topological polar surface area (TPSA) is 45.5 Å². The fourth-order valence-corrected chi connectivity index (χ4v) is 8.95. The highest BCUT2D eigenvalue weighted by Crippen LogP contribution is 2.68.